The number of aryl methyl sites for hydroxylation is 2. The van der Waals surface area contributed by atoms with E-state index < -0.39 is 0 Å². The molecule has 1 aromatic heterocycles. The van der Waals surface area contributed by atoms with Gasteiger partial charge in [0, 0.05) is 48.8 Å². The number of rotatable bonds is 5. The first kappa shape index (κ1) is 17.1. The van der Waals surface area contributed by atoms with E-state index in [0.29, 0.717) is 18.6 Å². The molecule has 0 radical (unpaired) electrons. The highest BCUT2D eigenvalue weighted by Gasteiger charge is 2.35. The fourth-order valence-electron chi connectivity index (χ4n) is 4.72. The number of nitrogens with zero attached hydrogens (tertiary/aromatic N) is 2. The molecular weight excluding hydrogens is 310 g/mol. The second kappa shape index (κ2) is 6.75. The van der Waals surface area contributed by atoms with Crippen molar-refractivity contribution in [2.24, 2.45) is 0 Å². The monoisotopic (exact) mass is 341 g/mol. The van der Waals surface area contributed by atoms with E-state index >= 15 is 0 Å². The van der Waals surface area contributed by atoms with Gasteiger partial charge in [-0.05, 0) is 43.9 Å². The van der Waals surface area contributed by atoms with Crippen LogP contribution in [0.4, 0.5) is 0 Å². The largest absolute Gasteiger partial charge is 0.390 e. The van der Waals surface area contributed by atoms with Crippen LogP contribution >= 0.6 is 0 Å². The molecule has 0 saturated heterocycles. The molecule has 0 fully saturated rings. The lowest BCUT2D eigenvalue weighted by Crippen LogP contribution is -2.46. The second-order valence-corrected chi connectivity index (χ2v) is 8.16. The Labute approximate surface area is 150 Å². The summed E-state index contributed by atoms with van der Waals surface area (Å²) in [7, 11) is 0. The zero-order valence-corrected chi connectivity index (χ0v) is 15.8. The van der Waals surface area contributed by atoms with Gasteiger partial charge in [-0.15, -0.1) is 0 Å². The van der Waals surface area contributed by atoms with Crippen molar-refractivity contribution in [2.45, 2.75) is 64.8 Å². The van der Waals surface area contributed by atoms with E-state index in [2.05, 4.69) is 53.8 Å². The summed E-state index contributed by atoms with van der Waals surface area (Å²) >= 11 is 0. The maximum atomic E-state index is 10.5. The van der Waals surface area contributed by atoms with E-state index in [1.165, 1.54) is 41.4 Å². The van der Waals surface area contributed by atoms with Crippen LogP contribution in [0.3, 0.4) is 0 Å². The van der Waals surface area contributed by atoms with Crippen LogP contribution in [0.25, 0.3) is 10.9 Å². The van der Waals surface area contributed by atoms with Crippen LogP contribution in [0.5, 0.6) is 0 Å². The number of aliphatic hydroxyl groups is 1. The van der Waals surface area contributed by atoms with E-state index in [-0.39, 0.29) is 6.10 Å². The van der Waals surface area contributed by atoms with Crippen LogP contribution in [0.2, 0.25) is 0 Å². The summed E-state index contributed by atoms with van der Waals surface area (Å²) in [5, 5.41) is 15.3. The summed E-state index contributed by atoms with van der Waals surface area (Å²) in [6.07, 6.45) is 3.36. The van der Waals surface area contributed by atoms with Gasteiger partial charge in [0.2, 0.25) is 0 Å². The number of nitrogens with one attached hydrogen (secondary N) is 1. The number of hydrogen-bond donors (Lipinski definition) is 2. The van der Waals surface area contributed by atoms with E-state index in [1.54, 1.807) is 5.56 Å². The Kier molecular flexibility index (Phi) is 4.61. The SMILES string of the molecule is Cc1ccc2c(c1)c1c3n2CCN(C[C@H](O)CNC(C)C)[C@@H]3CCC1. The van der Waals surface area contributed by atoms with Gasteiger partial charge in [-0.25, -0.2) is 0 Å². The number of fused-ring (bicyclic) bond motifs is 3. The maximum Gasteiger partial charge on any atom is 0.0791 e. The minimum absolute atomic E-state index is 0.300. The molecule has 0 unspecified atom stereocenters. The first-order valence-corrected chi connectivity index (χ1v) is 9.81. The summed E-state index contributed by atoms with van der Waals surface area (Å²) in [6, 6.07) is 7.79. The summed E-state index contributed by atoms with van der Waals surface area (Å²) in [5.41, 5.74) is 5.85. The van der Waals surface area contributed by atoms with Crippen molar-refractivity contribution in [3.05, 3.63) is 35.0 Å². The standard InChI is InChI=1S/C21H31N3O/c1-14(2)22-12-16(25)13-23-9-10-24-19-8-7-15(3)11-18(19)17-5-4-6-20(23)21(17)24/h7-8,11,14,16,20,22,25H,4-6,9-10,12-13H2,1-3H3/t16-,20-/m1/s1. The number of benzene rings is 1. The molecule has 0 spiro atoms. The second-order valence-electron chi connectivity index (χ2n) is 8.16. The normalized spacial score (nSPS) is 21.7. The van der Waals surface area contributed by atoms with Gasteiger partial charge in [0.15, 0.2) is 0 Å². The maximum absolute atomic E-state index is 10.5. The zero-order chi connectivity index (χ0) is 17.6. The number of aromatic nitrogens is 1. The van der Waals surface area contributed by atoms with Crippen molar-refractivity contribution >= 4 is 10.9 Å². The van der Waals surface area contributed by atoms with Crippen molar-refractivity contribution < 1.29 is 5.11 Å². The molecule has 2 heterocycles. The predicted octanol–water partition coefficient (Wildman–Crippen LogP) is 3.00. The molecule has 0 bridgehead atoms. The molecule has 25 heavy (non-hydrogen) atoms. The zero-order valence-electron chi connectivity index (χ0n) is 15.8. The van der Waals surface area contributed by atoms with Gasteiger partial charge >= 0.3 is 0 Å². The van der Waals surface area contributed by atoms with Gasteiger partial charge in [-0.3, -0.25) is 4.90 Å². The summed E-state index contributed by atoms with van der Waals surface area (Å²) in [4.78, 5) is 2.52. The van der Waals surface area contributed by atoms with Crippen LogP contribution < -0.4 is 5.32 Å². The van der Waals surface area contributed by atoms with Crippen molar-refractivity contribution in [1.29, 1.82) is 0 Å². The average molecular weight is 341 g/mol. The molecular formula is C21H31N3O. The molecule has 0 saturated carbocycles. The van der Waals surface area contributed by atoms with Crippen LogP contribution in [0.1, 0.15) is 49.6 Å². The Balaban J connectivity index is 1.62. The molecule has 4 rings (SSSR count). The molecule has 4 nitrogen and oxygen atoms in total. The van der Waals surface area contributed by atoms with Gasteiger partial charge in [0.25, 0.3) is 0 Å². The van der Waals surface area contributed by atoms with E-state index in [1.807, 2.05) is 0 Å². The number of β-amino-alcohol motifs (C(OH)–C–C–N with tert-alkyl or cyclic N) is 1. The molecule has 1 aliphatic carbocycles. The summed E-state index contributed by atoms with van der Waals surface area (Å²) in [5.74, 6) is 0. The Bertz CT molecular complexity index is 764. The minimum atomic E-state index is -0.300. The lowest BCUT2D eigenvalue weighted by atomic mass is 9.89. The van der Waals surface area contributed by atoms with Crippen LogP contribution in [0.15, 0.2) is 18.2 Å². The minimum Gasteiger partial charge on any atom is -0.390 e. The molecule has 1 aromatic carbocycles. The van der Waals surface area contributed by atoms with Crippen molar-refractivity contribution in [3.63, 3.8) is 0 Å². The third-order valence-corrected chi connectivity index (χ3v) is 5.85. The molecule has 2 aromatic rings. The van der Waals surface area contributed by atoms with Crippen molar-refractivity contribution in [1.82, 2.24) is 14.8 Å². The van der Waals surface area contributed by atoms with Gasteiger partial charge < -0.3 is 15.0 Å². The molecule has 4 heteroatoms. The summed E-state index contributed by atoms with van der Waals surface area (Å²) in [6.45, 7) is 9.96. The van der Waals surface area contributed by atoms with Gasteiger partial charge in [0.05, 0.1) is 12.1 Å². The van der Waals surface area contributed by atoms with E-state index in [0.717, 1.165) is 19.6 Å². The molecule has 2 atom stereocenters. The molecule has 0 amide bonds. The summed E-state index contributed by atoms with van der Waals surface area (Å²) < 4.78 is 2.56. The topological polar surface area (TPSA) is 40.4 Å². The van der Waals surface area contributed by atoms with Gasteiger partial charge in [-0.1, -0.05) is 25.5 Å². The third-order valence-electron chi connectivity index (χ3n) is 5.85. The highest BCUT2D eigenvalue weighted by atomic mass is 16.3. The lowest BCUT2D eigenvalue weighted by molar-refractivity contribution is 0.0631. The number of hydrogen-bond acceptors (Lipinski definition) is 3. The Morgan fingerprint density at radius 3 is 2.92 bits per heavy atom. The van der Waals surface area contributed by atoms with Crippen LogP contribution in [-0.2, 0) is 13.0 Å². The fourth-order valence-corrected chi connectivity index (χ4v) is 4.72. The first-order chi connectivity index (χ1) is 12.0. The Hall–Kier alpha value is -1.36. The average Bonchev–Trinajstić information content (AvgIpc) is 2.90. The van der Waals surface area contributed by atoms with E-state index in [4.69, 9.17) is 0 Å². The van der Waals surface area contributed by atoms with Crippen LogP contribution in [0, 0.1) is 6.92 Å². The van der Waals surface area contributed by atoms with Crippen molar-refractivity contribution in [3.8, 4) is 0 Å². The quantitative estimate of drug-likeness (QED) is 0.878. The lowest BCUT2D eigenvalue weighted by Gasteiger charge is -2.40. The van der Waals surface area contributed by atoms with Gasteiger partial charge in [0.1, 0.15) is 0 Å². The molecule has 1 aliphatic heterocycles. The van der Waals surface area contributed by atoms with Gasteiger partial charge in [-0.2, -0.15) is 0 Å². The highest BCUT2D eigenvalue weighted by Crippen LogP contribution is 2.42. The Morgan fingerprint density at radius 2 is 2.12 bits per heavy atom. The van der Waals surface area contributed by atoms with Crippen LogP contribution in [-0.4, -0.2) is 46.4 Å². The Morgan fingerprint density at radius 1 is 1.28 bits per heavy atom. The predicted molar refractivity (Wildman–Crippen MR) is 103 cm³/mol. The molecule has 2 N–H and O–H groups in total. The fraction of sp³-hybridized carbons (Fsp3) is 0.619. The molecule has 136 valence electrons. The highest BCUT2D eigenvalue weighted by molar-refractivity contribution is 5.87. The van der Waals surface area contributed by atoms with Crippen molar-refractivity contribution in [2.75, 3.05) is 19.6 Å². The number of aliphatic hydroxyl groups excluding tert-OH is 1. The smallest absolute Gasteiger partial charge is 0.0791 e. The van der Waals surface area contributed by atoms with E-state index in [9.17, 15) is 5.11 Å². The molecule has 2 aliphatic rings. The first-order valence-electron chi connectivity index (χ1n) is 9.81. The third kappa shape index (κ3) is 3.12.